The van der Waals surface area contributed by atoms with Crippen molar-refractivity contribution in [1.29, 1.82) is 0 Å². The average molecular weight is 315 g/mol. The quantitative estimate of drug-likeness (QED) is 0.907. The highest BCUT2D eigenvalue weighted by atomic mass is 35.5. The molecule has 2 heterocycles. The summed E-state index contributed by atoms with van der Waals surface area (Å²) in [5.74, 6) is 1.05. The van der Waals surface area contributed by atoms with Crippen LogP contribution in [0.3, 0.4) is 0 Å². The Labute approximate surface area is 125 Å². The molecule has 4 nitrogen and oxygen atoms in total. The van der Waals surface area contributed by atoms with Gasteiger partial charge in [-0.05, 0) is 56.0 Å². The molecule has 20 heavy (non-hydrogen) atoms. The van der Waals surface area contributed by atoms with Gasteiger partial charge in [-0.25, -0.2) is 8.42 Å². The van der Waals surface area contributed by atoms with Crippen molar-refractivity contribution in [2.24, 2.45) is 11.8 Å². The number of aryl methyl sites for hydroxylation is 1. The van der Waals surface area contributed by atoms with E-state index in [0.29, 0.717) is 29.9 Å². The fourth-order valence-corrected chi connectivity index (χ4v) is 5.26. The molecule has 1 N–H and O–H groups in total. The highest BCUT2D eigenvalue weighted by molar-refractivity contribution is 7.89. The van der Waals surface area contributed by atoms with Gasteiger partial charge in [-0.2, -0.15) is 4.31 Å². The number of benzene rings is 1. The van der Waals surface area contributed by atoms with E-state index in [1.807, 2.05) is 6.92 Å². The van der Waals surface area contributed by atoms with E-state index < -0.39 is 10.0 Å². The summed E-state index contributed by atoms with van der Waals surface area (Å²) < 4.78 is 27.1. The Balaban J connectivity index is 1.88. The van der Waals surface area contributed by atoms with Crippen LogP contribution in [0, 0.1) is 18.8 Å². The Morgan fingerprint density at radius 2 is 2.05 bits per heavy atom. The van der Waals surface area contributed by atoms with Crippen molar-refractivity contribution in [3.63, 3.8) is 0 Å². The first-order chi connectivity index (χ1) is 9.48. The number of nitrogens with zero attached hydrogens (tertiary/aromatic N) is 1. The molecule has 1 aromatic rings. The number of fused-ring (bicyclic) bond motifs is 1. The second-order valence-corrected chi connectivity index (χ2v) is 8.08. The van der Waals surface area contributed by atoms with E-state index >= 15 is 0 Å². The van der Waals surface area contributed by atoms with Crippen molar-refractivity contribution in [1.82, 2.24) is 9.62 Å². The molecule has 6 heteroatoms. The molecule has 0 spiro atoms. The van der Waals surface area contributed by atoms with Crippen LogP contribution >= 0.6 is 11.6 Å². The van der Waals surface area contributed by atoms with Crippen LogP contribution in [0.15, 0.2) is 23.1 Å². The number of piperidine rings is 1. The number of rotatable bonds is 2. The van der Waals surface area contributed by atoms with Crippen molar-refractivity contribution >= 4 is 21.6 Å². The van der Waals surface area contributed by atoms with Crippen LogP contribution in [-0.4, -0.2) is 38.9 Å². The molecular formula is C14H19ClN2O2S. The van der Waals surface area contributed by atoms with E-state index in [1.165, 1.54) is 0 Å². The number of nitrogens with one attached hydrogen (secondary N) is 1. The van der Waals surface area contributed by atoms with Crippen molar-refractivity contribution in [2.45, 2.75) is 18.2 Å². The summed E-state index contributed by atoms with van der Waals surface area (Å²) in [5, 5.41) is 3.66. The van der Waals surface area contributed by atoms with Gasteiger partial charge >= 0.3 is 0 Å². The van der Waals surface area contributed by atoms with Crippen molar-refractivity contribution in [3.8, 4) is 0 Å². The summed E-state index contributed by atoms with van der Waals surface area (Å²) in [6.45, 7) is 5.03. The zero-order valence-corrected chi connectivity index (χ0v) is 13.0. The van der Waals surface area contributed by atoms with Crippen LogP contribution < -0.4 is 5.32 Å². The molecule has 2 aliphatic rings. The van der Waals surface area contributed by atoms with Gasteiger partial charge in [0.25, 0.3) is 0 Å². The number of sulfonamides is 1. The van der Waals surface area contributed by atoms with Crippen molar-refractivity contribution in [2.75, 3.05) is 26.2 Å². The second-order valence-electron chi connectivity index (χ2n) is 5.76. The van der Waals surface area contributed by atoms with Gasteiger partial charge in [0.2, 0.25) is 10.0 Å². The first kappa shape index (κ1) is 14.3. The lowest BCUT2D eigenvalue weighted by atomic mass is 9.90. The molecule has 3 rings (SSSR count). The molecule has 0 radical (unpaired) electrons. The summed E-state index contributed by atoms with van der Waals surface area (Å²) >= 11 is 6.13. The average Bonchev–Trinajstić information content (AvgIpc) is 2.85. The number of halogens is 1. The SMILES string of the molecule is Cc1ccc(S(=O)(=O)N2CCC3CNCC3C2)c(Cl)c1. The topological polar surface area (TPSA) is 49.4 Å². The third-order valence-electron chi connectivity index (χ3n) is 4.37. The molecule has 2 aliphatic heterocycles. The minimum atomic E-state index is -3.47. The summed E-state index contributed by atoms with van der Waals surface area (Å²) in [6.07, 6.45) is 0.931. The van der Waals surface area contributed by atoms with E-state index in [1.54, 1.807) is 22.5 Å². The Hall–Kier alpha value is -0.620. The molecule has 2 unspecified atom stereocenters. The second kappa shape index (κ2) is 5.30. The van der Waals surface area contributed by atoms with E-state index in [9.17, 15) is 8.42 Å². The lowest BCUT2D eigenvalue weighted by Gasteiger charge is -2.33. The Morgan fingerprint density at radius 3 is 2.80 bits per heavy atom. The number of hydrogen-bond donors (Lipinski definition) is 1. The summed E-state index contributed by atoms with van der Waals surface area (Å²) in [4.78, 5) is 0.231. The predicted octanol–water partition coefficient (Wildman–Crippen LogP) is 1.88. The number of hydrogen-bond acceptors (Lipinski definition) is 3. The third-order valence-corrected chi connectivity index (χ3v) is 6.72. The lowest BCUT2D eigenvalue weighted by Crippen LogP contribution is -2.43. The van der Waals surface area contributed by atoms with Crippen LogP contribution in [0.4, 0.5) is 0 Å². The summed E-state index contributed by atoms with van der Waals surface area (Å²) in [7, 11) is -3.47. The standard InChI is InChI=1S/C14H19ClN2O2S/c1-10-2-3-14(13(15)6-10)20(18,19)17-5-4-11-7-16-8-12(11)9-17/h2-3,6,11-12,16H,4-5,7-9H2,1H3. The third kappa shape index (κ3) is 2.48. The zero-order valence-electron chi connectivity index (χ0n) is 11.5. The molecule has 0 aromatic heterocycles. The van der Waals surface area contributed by atoms with Gasteiger partial charge in [0, 0.05) is 13.1 Å². The van der Waals surface area contributed by atoms with E-state index in [4.69, 9.17) is 11.6 Å². The van der Waals surface area contributed by atoms with Gasteiger partial charge in [0.15, 0.2) is 0 Å². The fraction of sp³-hybridized carbons (Fsp3) is 0.571. The molecule has 0 amide bonds. The van der Waals surface area contributed by atoms with Gasteiger partial charge in [-0.3, -0.25) is 0 Å². The first-order valence-electron chi connectivity index (χ1n) is 6.95. The van der Waals surface area contributed by atoms with Crippen molar-refractivity contribution in [3.05, 3.63) is 28.8 Å². The highest BCUT2D eigenvalue weighted by Crippen LogP contribution is 2.32. The maximum Gasteiger partial charge on any atom is 0.244 e. The van der Waals surface area contributed by atoms with Crippen LogP contribution in [0.5, 0.6) is 0 Å². The Kier molecular flexibility index (Phi) is 3.79. The van der Waals surface area contributed by atoms with Gasteiger partial charge in [0.05, 0.1) is 5.02 Å². The summed E-state index contributed by atoms with van der Waals surface area (Å²) in [6, 6.07) is 5.12. The molecule has 2 atom stereocenters. The van der Waals surface area contributed by atoms with Crippen molar-refractivity contribution < 1.29 is 8.42 Å². The molecule has 110 valence electrons. The smallest absolute Gasteiger partial charge is 0.244 e. The maximum absolute atomic E-state index is 12.7. The Bertz CT molecular complexity index is 618. The minimum absolute atomic E-state index is 0.231. The lowest BCUT2D eigenvalue weighted by molar-refractivity contribution is 0.228. The van der Waals surface area contributed by atoms with Gasteiger partial charge in [-0.1, -0.05) is 17.7 Å². The van der Waals surface area contributed by atoms with Gasteiger partial charge in [-0.15, -0.1) is 0 Å². The molecular weight excluding hydrogens is 296 g/mol. The highest BCUT2D eigenvalue weighted by Gasteiger charge is 2.38. The summed E-state index contributed by atoms with van der Waals surface area (Å²) in [5.41, 5.74) is 0.965. The van der Waals surface area contributed by atoms with E-state index in [-0.39, 0.29) is 4.90 Å². The molecule has 2 fully saturated rings. The van der Waals surface area contributed by atoms with Crippen LogP contribution in [0.1, 0.15) is 12.0 Å². The van der Waals surface area contributed by atoms with Gasteiger partial charge < -0.3 is 5.32 Å². The van der Waals surface area contributed by atoms with Gasteiger partial charge in [0.1, 0.15) is 4.90 Å². The predicted molar refractivity (Wildman–Crippen MR) is 79.4 cm³/mol. The largest absolute Gasteiger partial charge is 0.316 e. The molecule has 1 aromatic carbocycles. The molecule has 2 saturated heterocycles. The minimum Gasteiger partial charge on any atom is -0.316 e. The molecule has 0 saturated carbocycles. The monoisotopic (exact) mass is 314 g/mol. The fourth-order valence-electron chi connectivity index (χ4n) is 3.17. The normalized spacial score (nSPS) is 27.5. The first-order valence-corrected chi connectivity index (χ1v) is 8.77. The Morgan fingerprint density at radius 1 is 1.30 bits per heavy atom. The van der Waals surface area contributed by atoms with Crippen LogP contribution in [0.2, 0.25) is 5.02 Å². The van der Waals surface area contributed by atoms with Crippen LogP contribution in [-0.2, 0) is 10.0 Å². The molecule has 0 bridgehead atoms. The molecule has 0 aliphatic carbocycles. The maximum atomic E-state index is 12.7. The van der Waals surface area contributed by atoms with Crippen LogP contribution in [0.25, 0.3) is 0 Å². The van der Waals surface area contributed by atoms with E-state index in [2.05, 4.69) is 5.32 Å². The zero-order chi connectivity index (χ0) is 14.3. The van der Waals surface area contributed by atoms with E-state index in [0.717, 1.165) is 25.1 Å².